The van der Waals surface area contributed by atoms with Crippen LogP contribution in [0.4, 0.5) is 24.5 Å². The van der Waals surface area contributed by atoms with Crippen LogP contribution >= 0.6 is 0 Å². The number of aromatic nitrogens is 1. The number of pyridine rings is 1. The van der Waals surface area contributed by atoms with Gasteiger partial charge in [0, 0.05) is 35.4 Å². The zero-order valence-corrected chi connectivity index (χ0v) is 19.1. The average molecular weight is 473 g/mol. The van der Waals surface area contributed by atoms with Crippen molar-refractivity contribution in [3.05, 3.63) is 59.8 Å². The first-order chi connectivity index (χ1) is 16.3. The number of rotatable bonds is 6. The molecule has 1 saturated heterocycles. The van der Waals surface area contributed by atoms with Crippen molar-refractivity contribution in [2.45, 2.75) is 32.0 Å². The number of fused-ring (bicyclic) bond motifs is 1. The summed E-state index contributed by atoms with van der Waals surface area (Å²) in [6.45, 7) is 4.94. The number of carbonyl (C=O) groups is 1. The second kappa shape index (κ2) is 9.89. The van der Waals surface area contributed by atoms with E-state index in [2.05, 4.69) is 27.4 Å². The van der Waals surface area contributed by atoms with Crippen LogP contribution < -0.4 is 15.4 Å². The molecule has 6 nitrogen and oxygen atoms in total. The summed E-state index contributed by atoms with van der Waals surface area (Å²) < 4.78 is 45.7. The van der Waals surface area contributed by atoms with Crippen molar-refractivity contribution >= 4 is 28.2 Å². The second-order valence-electron chi connectivity index (χ2n) is 8.30. The molecule has 2 heterocycles. The normalized spacial score (nSPS) is 16.9. The number of ether oxygens (including phenoxy) is 1. The monoisotopic (exact) mass is 472 g/mol. The van der Waals surface area contributed by atoms with Gasteiger partial charge in [-0.2, -0.15) is 13.2 Å². The van der Waals surface area contributed by atoms with Gasteiger partial charge in [0.25, 0.3) is 5.91 Å². The lowest BCUT2D eigenvalue weighted by atomic mass is 10.0. The third-order valence-corrected chi connectivity index (χ3v) is 6.10. The van der Waals surface area contributed by atoms with Crippen molar-refractivity contribution in [1.82, 2.24) is 15.2 Å². The molecule has 0 bridgehead atoms. The van der Waals surface area contributed by atoms with Crippen LogP contribution in [0.1, 0.15) is 35.7 Å². The highest BCUT2D eigenvalue weighted by Gasteiger charge is 2.33. The number of piperidine rings is 1. The van der Waals surface area contributed by atoms with E-state index in [9.17, 15) is 18.0 Å². The quantitative estimate of drug-likeness (QED) is 0.515. The number of anilines is 2. The minimum Gasteiger partial charge on any atom is -0.495 e. The molecule has 1 amide bonds. The van der Waals surface area contributed by atoms with Gasteiger partial charge in [0.2, 0.25) is 0 Å². The Morgan fingerprint density at radius 1 is 1.21 bits per heavy atom. The van der Waals surface area contributed by atoms with Crippen LogP contribution in [0.25, 0.3) is 10.9 Å². The molecule has 1 aliphatic rings. The molecule has 1 atom stereocenters. The number of carbonyl (C=O) groups excluding carboxylic acids is 1. The summed E-state index contributed by atoms with van der Waals surface area (Å²) in [5.74, 6) is 0.223. The Morgan fingerprint density at radius 3 is 2.76 bits per heavy atom. The average Bonchev–Trinajstić information content (AvgIpc) is 2.83. The van der Waals surface area contributed by atoms with E-state index >= 15 is 0 Å². The number of hydrogen-bond acceptors (Lipinski definition) is 5. The Hall–Kier alpha value is -3.33. The Kier molecular flexibility index (Phi) is 6.92. The van der Waals surface area contributed by atoms with Crippen molar-refractivity contribution in [2.24, 2.45) is 0 Å². The number of likely N-dealkylation sites (N-methyl/N-ethyl adjacent to an activating group) is 1. The molecule has 2 N–H and O–H groups in total. The summed E-state index contributed by atoms with van der Waals surface area (Å²) in [4.78, 5) is 19.1. The molecule has 0 radical (unpaired) electrons. The zero-order chi connectivity index (χ0) is 24.3. The smallest absolute Gasteiger partial charge is 0.418 e. The number of methoxy groups -OCH3 is 1. The fourth-order valence-corrected chi connectivity index (χ4v) is 4.32. The van der Waals surface area contributed by atoms with Gasteiger partial charge in [-0.3, -0.25) is 9.78 Å². The van der Waals surface area contributed by atoms with Crippen LogP contribution in [0, 0.1) is 0 Å². The number of nitrogens with zero attached hydrogens (tertiary/aromatic N) is 2. The number of alkyl halides is 3. The number of likely N-dealkylation sites (tertiary alicyclic amines) is 1. The molecule has 1 unspecified atom stereocenters. The number of benzene rings is 2. The van der Waals surface area contributed by atoms with Crippen LogP contribution in [0.2, 0.25) is 0 Å². The van der Waals surface area contributed by atoms with E-state index in [1.165, 1.54) is 19.4 Å². The molecule has 180 valence electrons. The van der Waals surface area contributed by atoms with E-state index in [4.69, 9.17) is 4.74 Å². The number of amides is 1. The number of para-hydroxylation sites is 1. The van der Waals surface area contributed by atoms with Crippen molar-refractivity contribution in [2.75, 3.05) is 32.1 Å². The van der Waals surface area contributed by atoms with E-state index in [-0.39, 0.29) is 17.5 Å². The summed E-state index contributed by atoms with van der Waals surface area (Å²) in [7, 11) is 1.48. The number of halogens is 3. The standard InChI is InChI=1S/C25H27F3N4O2/c1-3-32-13-5-6-17(15-32)30-24(33)16-9-10-21(22(14-16)34-2)31-20-11-12-29-23-18(20)7-4-8-19(23)25(26,27)28/h4,7-12,14,17H,3,5-6,13,15H2,1-2H3,(H,29,31)(H,30,33). The topological polar surface area (TPSA) is 66.5 Å². The van der Waals surface area contributed by atoms with Gasteiger partial charge in [0.15, 0.2) is 0 Å². The van der Waals surface area contributed by atoms with Crippen molar-refractivity contribution in [1.29, 1.82) is 0 Å². The van der Waals surface area contributed by atoms with E-state index in [0.29, 0.717) is 28.1 Å². The summed E-state index contributed by atoms with van der Waals surface area (Å²) in [5, 5.41) is 6.56. The SMILES string of the molecule is CCN1CCCC(NC(=O)c2ccc(Nc3ccnc4c(C(F)(F)F)cccc34)c(OC)c2)C1. The van der Waals surface area contributed by atoms with Crippen LogP contribution in [0.15, 0.2) is 48.7 Å². The van der Waals surface area contributed by atoms with Crippen molar-refractivity contribution < 1.29 is 22.7 Å². The molecule has 1 aliphatic heterocycles. The maximum Gasteiger partial charge on any atom is 0.418 e. The van der Waals surface area contributed by atoms with Gasteiger partial charge in [0.1, 0.15) is 5.75 Å². The first-order valence-electron chi connectivity index (χ1n) is 11.2. The van der Waals surface area contributed by atoms with Gasteiger partial charge >= 0.3 is 6.18 Å². The lowest BCUT2D eigenvalue weighted by Gasteiger charge is -2.32. The molecule has 0 aliphatic carbocycles. The first kappa shape index (κ1) is 23.8. The van der Waals surface area contributed by atoms with Crippen LogP contribution in [-0.4, -0.2) is 48.6 Å². The van der Waals surface area contributed by atoms with Gasteiger partial charge in [-0.1, -0.05) is 19.1 Å². The third-order valence-electron chi connectivity index (χ3n) is 6.10. The number of hydrogen-bond donors (Lipinski definition) is 2. The lowest BCUT2D eigenvalue weighted by molar-refractivity contribution is -0.136. The molecule has 0 spiro atoms. The summed E-state index contributed by atoms with van der Waals surface area (Å²) in [6.07, 6.45) is -1.20. The van der Waals surface area contributed by atoms with Crippen LogP contribution in [0.3, 0.4) is 0 Å². The molecule has 9 heteroatoms. The van der Waals surface area contributed by atoms with E-state index < -0.39 is 11.7 Å². The molecular formula is C25H27F3N4O2. The highest BCUT2D eigenvalue weighted by molar-refractivity contribution is 5.97. The largest absolute Gasteiger partial charge is 0.495 e. The van der Waals surface area contributed by atoms with E-state index in [1.807, 2.05) is 0 Å². The van der Waals surface area contributed by atoms with E-state index in [0.717, 1.165) is 38.5 Å². The fraction of sp³-hybridized carbons (Fsp3) is 0.360. The Bertz CT molecular complexity index is 1180. The minimum atomic E-state index is -4.51. The van der Waals surface area contributed by atoms with Gasteiger partial charge in [0.05, 0.1) is 23.9 Å². The number of nitrogens with one attached hydrogen (secondary N) is 2. The molecule has 1 fully saturated rings. The van der Waals surface area contributed by atoms with Gasteiger partial charge in [-0.15, -0.1) is 0 Å². The Labute approximate surface area is 196 Å². The molecular weight excluding hydrogens is 445 g/mol. The van der Waals surface area contributed by atoms with Crippen molar-refractivity contribution in [3.8, 4) is 5.75 Å². The van der Waals surface area contributed by atoms with Crippen LogP contribution in [0.5, 0.6) is 5.75 Å². The predicted molar refractivity (Wildman–Crippen MR) is 126 cm³/mol. The second-order valence-corrected chi connectivity index (χ2v) is 8.30. The Morgan fingerprint density at radius 2 is 2.03 bits per heavy atom. The zero-order valence-electron chi connectivity index (χ0n) is 19.1. The summed E-state index contributed by atoms with van der Waals surface area (Å²) in [5.41, 5.74) is 0.503. The summed E-state index contributed by atoms with van der Waals surface area (Å²) >= 11 is 0. The third kappa shape index (κ3) is 5.09. The first-order valence-corrected chi connectivity index (χ1v) is 11.2. The lowest BCUT2D eigenvalue weighted by Crippen LogP contribution is -2.47. The molecule has 3 aromatic rings. The van der Waals surface area contributed by atoms with Gasteiger partial charge in [-0.25, -0.2) is 0 Å². The minimum absolute atomic E-state index is 0.0935. The molecule has 0 saturated carbocycles. The maximum absolute atomic E-state index is 13.4. The Balaban J connectivity index is 1.57. The molecule has 4 rings (SSSR count). The molecule has 34 heavy (non-hydrogen) atoms. The van der Waals surface area contributed by atoms with Crippen LogP contribution in [-0.2, 0) is 6.18 Å². The van der Waals surface area contributed by atoms with E-state index in [1.54, 1.807) is 30.3 Å². The highest BCUT2D eigenvalue weighted by atomic mass is 19.4. The van der Waals surface area contributed by atoms with Crippen molar-refractivity contribution in [3.63, 3.8) is 0 Å². The predicted octanol–water partition coefficient (Wildman–Crippen LogP) is 5.22. The van der Waals surface area contributed by atoms with Gasteiger partial charge in [-0.05, 0) is 56.3 Å². The molecule has 2 aromatic carbocycles. The summed E-state index contributed by atoms with van der Waals surface area (Å²) in [6, 6.07) is 10.6. The maximum atomic E-state index is 13.4. The molecule has 1 aromatic heterocycles. The fourth-order valence-electron chi connectivity index (χ4n) is 4.32. The van der Waals surface area contributed by atoms with Gasteiger partial charge < -0.3 is 20.3 Å². The highest BCUT2D eigenvalue weighted by Crippen LogP contribution is 2.37.